The molecule has 88 valence electrons. The molecule has 0 atom stereocenters. The van der Waals surface area contributed by atoms with Crippen molar-refractivity contribution in [2.75, 3.05) is 5.73 Å². The Bertz CT molecular complexity index is 602. The average Bonchev–Trinajstić information content (AvgIpc) is 2.94. The van der Waals surface area contributed by atoms with Crippen LogP contribution in [0.4, 0.5) is 5.13 Å². The van der Waals surface area contributed by atoms with Crippen molar-refractivity contribution in [2.45, 2.75) is 19.3 Å². The summed E-state index contributed by atoms with van der Waals surface area (Å²) in [4.78, 5) is 15.3. The van der Waals surface area contributed by atoms with E-state index in [-0.39, 0.29) is 0 Å². The number of nitrogens with zero attached hydrogens (tertiary/aromatic N) is 1. The molecule has 0 amide bonds. The Balaban J connectivity index is 1.93. The van der Waals surface area contributed by atoms with Crippen LogP contribution in [0, 0.1) is 5.41 Å². The second-order valence-corrected chi connectivity index (χ2v) is 5.68. The molecule has 1 heterocycles. The molecule has 4 nitrogen and oxygen atoms in total. The maximum Gasteiger partial charge on any atom is 0.309 e. The van der Waals surface area contributed by atoms with Crippen molar-refractivity contribution in [1.82, 2.24) is 4.98 Å². The Morgan fingerprint density at radius 2 is 2.29 bits per heavy atom. The van der Waals surface area contributed by atoms with Gasteiger partial charge in [0, 0.05) is 0 Å². The summed E-state index contributed by atoms with van der Waals surface area (Å²) >= 11 is 1.44. The van der Waals surface area contributed by atoms with Crippen LogP contribution in [0.15, 0.2) is 18.2 Å². The van der Waals surface area contributed by atoms with E-state index in [0.717, 1.165) is 28.6 Å². The molecule has 1 aliphatic carbocycles. The SMILES string of the molecule is Nc1nc2ccc(CC3(C(=O)O)CC3)cc2s1. The van der Waals surface area contributed by atoms with Crippen LogP contribution in [0.3, 0.4) is 0 Å². The van der Waals surface area contributed by atoms with E-state index in [1.54, 1.807) is 0 Å². The molecule has 1 aromatic carbocycles. The van der Waals surface area contributed by atoms with Gasteiger partial charge in [-0.2, -0.15) is 0 Å². The lowest BCUT2D eigenvalue weighted by molar-refractivity contribution is -0.143. The minimum atomic E-state index is -0.679. The van der Waals surface area contributed by atoms with Crippen molar-refractivity contribution < 1.29 is 9.90 Å². The molecule has 5 heteroatoms. The van der Waals surface area contributed by atoms with Crippen molar-refractivity contribution in [2.24, 2.45) is 5.41 Å². The number of carboxylic acid groups (broad SMARTS) is 1. The van der Waals surface area contributed by atoms with E-state index in [1.807, 2.05) is 18.2 Å². The highest BCUT2D eigenvalue weighted by Gasteiger charge is 2.49. The number of fused-ring (bicyclic) bond motifs is 1. The number of aliphatic carboxylic acids is 1. The maximum atomic E-state index is 11.1. The number of aromatic nitrogens is 1. The summed E-state index contributed by atoms with van der Waals surface area (Å²) in [5.74, 6) is -0.679. The van der Waals surface area contributed by atoms with Crippen molar-refractivity contribution in [1.29, 1.82) is 0 Å². The molecule has 0 aliphatic heterocycles. The Morgan fingerprint density at radius 3 is 2.94 bits per heavy atom. The highest BCUT2D eigenvalue weighted by Crippen LogP contribution is 2.48. The number of nitrogens with two attached hydrogens (primary N) is 1. The topological polar surface area (TPSA) is 76.2 Å². The molecule has 0 radical (unpaired) electrons. The number of carboxylic acids is 1. The molecule has 17 heavy (non-hydrogen) atoms. The highest BCUT2D eigenvalue weighted by molar-refractivity contribution is 7.22. The zero-order valence-corrected chi connectivity index (χ0v) is 9.96. The largest absolute Gasteiger partial charge is 0.481 e. The first-order valence-corrected chi connectivity index (χ1v) is 6.29. The van der Waals surface area contributed by atoms with Crippen LogP contribution in [0.2, 0.25) is 0 Å². The van der Waals surface area contributed by atoms with Gasteiger partial charge in [-0.3, -0.25) is 4.79 Å². The van der Waals surface area contributed by atoms with Gasteiger partial charge in [-0.25, -0.2) is 4.98 Å². The lowest BCUT2D eigenvalue weighted by Gasteiger charge is -2.09. The number of anilines is 1. The molecular weight excluding hydrogens is 236 g/mol. The fraction of sp³-hybridized carbons (Fsp3) is 0.333. The van der Waals surface area contributed by atoms with Crippen molar-refractivity contribution >= 4 is 32.7 Å². The smallest absolute Gasteiger partial charge is 0.309 e. The molecule has 0 bridgehead atoms. The number of rotatable bonds is 3. The van der Waals surface area contributed by atoms with Gasteiger partial charge in [0.15, 0.2) is 5.13 Å². The number of benzene rings is 1. The molecule has 1 aromatic heterocycles. The van der Waals surface area contributed by atoms with E-state index >= 15 is 0 Å². The van der Waals surface area contributed by atoms with Crippen LogP contribution < -0.4 is 5.73 Å². The fourth-order valence-corrected chi connectivity index (χ4v) is 2.90. The fourth-order valence-electron chi connectivity index (χ4n) is 2.10. The van der Waals surface area contributed by atoms with E-state index in [4.69, 9.17) is 10.8 Å². The number of carbonyl (C=O) groups is 1. The third-order valence-electron chi connectivity index (χ3n) is 3.32. The number of nitrogen functional groups attached to an aromatic ring is 1. The number of hydrogen-bond acceptors (Lipinski definition) is 4. The van der Waals surface area contributed by atoms with E-state index in [2.05, 4.69) is 4.98 Å². The third-order valence-corrected chi connectivity index (χ3v) is 4.17. The monoisotopic (exact) mass is 248 g/mol. The first-order chi connectivity index (χ1) is 8.09. The minimum absolute atomic E-state index is 0.510. The van der Waals surface area contributed by atoms with Gasteiger partial charge in [0.2, 0.25) is 0 Å². The van der Waals surface area contributed by atoms with Crippen molar-refractivity contribution in [3.05, 3.63) is 23.8 Å². The first kappa shape index (κ1) is 10.5. The molecule has 1 aliphatic rings. The van der Waals surface area contributed by atoms with Gasteiger partial charge in [0.1, 0.15) is 0 Å². The van der Waals surface area contributed by atoms with Crippen LogP contribution >= 0.6 is 11.3 Å². The molecule has 2 aromatic rings. The summed E-state index contributed by atoms with van der Waals surface area (Å²) in [5.41, 5.74) is 7.07. The van der Waals surface area contributed by atoms with Crippen LogP contribution in [-0.4, -0.2) is 16.1 Å². The Morgan fingerprint density at radius 1 is 1.53 bits per heavy atom. The van der Waals surface area contributed by atoms with Gasteiger partial charge in [-0.15, -0.1) is 0 Å². The number of hydrogen-bond donors (Lipinski definition) is 2. The Labute approximate surface area is 102 Å². The molecule has 0 spiro atoms. The molecule has 3 N–H and O–H groups in total. The van der Waals surface area contributed by atoms with Gasteiger partial charge in [0.25, 0.3) is 0 Å². The van der Waals surface area contributed by atoms with E-state index in [9.17, 15) is 4.79 Å². The van der Waals surface area contributed by atoms with Gasteiger partial charge < -0.3 is 10.8 Å². The van der Waals surface area contributed by atoms with Crippen LogP contribution in [0.25, 0.3) is 10.2 Å². The predicted octanol–water partition coefficient (Wildman–Crippen LogP) is 2.29. The summed E-state index contributed by atoms with van der Waals surface area (Å²) < 4.78 is 1.03. The van der Waals surface area contributed by atoms with Gasteiger partial charge in [-0.1, -0.05) is 17.4 Å². The second kappa shape index (κ2) is 3.43. The Hall–Kier alpha value is -1.62. The summed E-state index contributed by atoms with van der Waals surface area (Å²) in [6.07, 6.45) is 2.17. The molecule has 1 saturated carbocycles. The van der Waals surface area contributed by atoms with Crippen LogP contribution in [0.5, 0.6) is 0 Å². The summed E-state index contributed by atoms with van der Waals surface area (Å²) in [7, 11) is 0. The predicted molar refractivity (Wildman–Crippen MR) is 67.0 cm³/mol. The van der Waals surface area contributed by atoms with Crippen molar-refractivity contribution in [3.63, 3.8) is 0 Å². The summed E-state index contributed by atoms with van der Waals surface area (Å²) in [6, 6.07) is 5.87. The minimum Gasteiger partial charge on any atom is -0.481 e. The highest BCUT2D eigenvalue weighted by atomic mass is 32.1. The quantitative estimate of drug-likeness (QED) is 0.873. The zero-order chi connectivity index (χ0) is 12.0. The van der Waals surface area contributed by atoms with E-state index in [1.165, 1.54) is 11.3 Å². The molecular formula is C12H12N2O2S. The maximum absolute atomic E-state index is 11.1. The van der Waals surface area contributed by atoms with E-state index in [0.29, 0.717) is 11.6 Å². The molecule has 3 rings (SSSR count). The molecule has 0 unspecified atom stereocenters. The van der Waals surface area contributed by atoms with Crippen LogP contribution in [0.1, 0.15) is 18.4 Å². The molecule has 0 saturated heterocycles. The van der Waals surface area contributed by atoms with Gasteiger partial charge in [-0.05, 0) is 37.0 Å². The summed E-state index contributed by atoms with van der Waals surface area (Å²) in [6.45, 7) is 0. The molecule has 1 fully saturated rings. The standard InChI is InChI=1S/C12H12N2O2S/c13-11-14-8-2-1-7(5-9(8)17-11)6-12(3-4-12)10(15)16/h1-2,5H,3-4,6H2,(H2,13,14)(H,15,16). The lowest BCUT2D eigenvalue weighted by atomic mass is 9.97. The van der Waals surface area contributed by atoms with E-state index < -0.39 is 11.4 Å². The zero-order valence-electron chi connectivity index (χ0n) is 9.14. The Kier molecular flexibility index (Phi) is 2.13. The average molecular weight is 248 g/mol. The van der Waals surface area contributed by atoms with Crippen LogP contribution in [-0.2, 0) is 11.2 Å². The van der Waals surface area contributed by atoms with Gasteiger partial charge >= 0.3 is 5.97 Å². The first-order valence-electron chi connectivity index (χ1n) is 5.47. The normalized spacial score (nSPS) is 17.2. The van der Waals surface area contributed by atoms with Gasteiger partial charge in [0.05, 0.1) is 15.6 Å². The third kappa shape index (κ3) is 1.76. The number of thiazole rings is 1. The van der Waals surface area contributed by atoms with Crippen molar-refractivity contribution in [3.8, 4) is 0 Å². The summed E-state index contributed by atoms with van der Waals surface area (Å²) in [5, 5.41) is 9.71. The second-order valence-electron chi connectivity index (χ2n) is 4.62. The lowest BCUT2D eigenvalue weighted by Crippen LogP contribution is -2.17.